The molecule has 1 unspecified atom stereocenters. The van der Waals surface area contributed by atoms with E-state index in [-0.39, 0.29) is 6.04 Å². The van der Waals surface area contributed by atoms with Gasteiger partial charge in [0.15, 0.2) is 0 Å². The van der Waals surface area contributed by atoms with E-state index in [4.69, 9.17) is 22.3 Å². The molecule has 0 bridgehead atoms. The van der Waals surface area contributed by atoms with Gasteiger partial charge in [-0.15, -0.1) is 11.3 Å². The summed E-state index contributed by atoms with van der Waals surface area (Å²) in [5, 5.41) is 1.91. The number of aryl methyl sites for hydroxylation is 1. The molecule has 0 amide bonds. The highest BCUT2D eigenvalue weighted by molar-refractivity contribution is 7.11. The van der Waals surface area contributed by atoms with Crippen molar-refractivity contribution in [1.82, 2.24) is 4.98 Å². The Kier molecular flexibility index (Phi) is 4.97. The van der Waals surface area contributed by atoms with E-state index in [9.17, 15) is 0 Å². The third-order valence-electron chi connectivity index (χ3n) is 2.94. The van der Waals surface area contributed by atoms with Crippen molar-refractivity contribution in [1.29, 1.82) is 0 Å². The van der Waals surface area contributed by atoms with Gasteiger partial charge in [-0.3, -0.25) is 0 Å². The first-order chi connectivity index (χ1) is 9.10. The zero-order valence-electron chi connectivity index (χ0n) is 11.3. The molecule has 0 spiro atoms. The molecule has 0 fully saturated rings. The van der Waals surface area contributed by atoms with Gasteiger partial charge >= 0.3 is 0 Å². The average Bonchev–Trinajstić information content (AvgIpc) is 2.76. The normalized spacial score (nSPS) is 12.6. The highest BCUT2D eigenvalue weighted by atomic mass is 35.5. The van der Waals surface area contributed by atoms with E-state index in [2.05, 4.69) is 19.1 Å². The third kappa shape index (κ3) is 3.78. The van der Waals surface area contributed by atoms with Crippen LogP contribution in [0.4, 0.5) is 0 Å². The SMILES string of the molecule is CCCc1nc(Cc2ccc(Cl)cc2)sc1C(C)N. The molecule has 0 aliphatic rings. The lowest BCUT2D eigenvalue weighted by molar-refractivity contribution is 0.791. The average molecular weight is 295 g/mol. The van der Waals surface area contributed by atoms with Gasteiger partial charge in [0, 0.05) is 22.4 Å². The standard InChI is InChI=1S/C15H19ClN2S/c1-3-4-13-15(10(2)17)19-14(18-13)9-11-5-7-12(16)8-6-11/h5-8,10H,3-4,9,17H2,1-2H3. The summed E-state index contributed by atoms with van der Waals surface area (Å²) in [4.78, 5) is 5.97. The van der Waals surface area contributed by atoms with Crippen LogP contribution in [0.2, 0.25) is 5.02 Å². The largest absolute Gasteiger partial charge is 0.323 e. The minimum atomic E-state index is 0.0676. The monoisotopic (exact) mass is 294 g/mol. The van der Waals surface area contributed by atoms with Crippen LogP contribution in [0, 0.1) is 0 Å². The number of thiazole rings is 1. The molecule has 0 saturated heterocycles. The minimum absolute atomic E-state index is 0.0676. The minimum Gasteiger partial charge on any atom is -0.323 e. The highest BCUT2D eigenvalue weighted by Gasteiger charge is 2.14. The first kappa shape index (κ1) is 14.5. The van der Waals surface area contributed by atoms with Crippen molar-refractivity contribution in [2.45, 2.75) is 39.2 Å². The fraction of sp³-hybridized carbons (Fsp3) is 0.400. The number of hydrogen-bond acceptors (Lipinski definition) is 3. The van der Waals surface area contributed by atoms with E-state index in [0.717, 1.165) is 29.3 Å². The van der Waals surface area contributed by atoms with Crippen LogP contribution in [-0.4, -0.2) is 4.98 Å². The van der Waals surface area contributed by atoms with Crippen LogP contribution in [0.3, 0.4) is 0 Å². The van der Waals surface area contributed by atoms with E-state index in [1.165, 1.54) is 16.1 Å². The maximum Gasteiger partial charge on any atom is 0.0975 e. The lowest BCUT2D eigenvalue weighted by Gasteiger charge is -2.03. The van der Waals surface area contributed by atoms with E-state index in [0.29, 0.717) is 0 Å². The summed E-state index contributed by atoms with van der Waals surface area (Å²) in [5.74, 6) is 0. The number of benzene rings is 1. The van der Waals surface area contributed by atoms with Crippen molar-refractivity contribution >= 4 is 22.9 Å². The van der Waals surface area contributed by atoms with Crippen molar-refractivity contribution in [3.63, 3.8) is 0 Å². The lowest BCUT2D eigenvalue weighted by Crippen LogP contribution is -2.05. The van der Waals surface area contributed by atoms with Crippen LogP contribution < -0.4 is 5.73 Å². The van der Waals surface area contributed by atoms with Crippen LogP contribution >= 0.6 is 22.9 Å². The Balaban J connectivity index is 2.20. The van der Waals surface area contributed by atoms with Gasteiger partial charge in [0.2, 0.25) is 0 Å². The first-order valence-electron chi connectivity index (χ1n) is 6.58. The quantitative estimate of drug-likeness (QED) is 0.890. The van der Waals surface area contributed by atoms with Crippen LogP contribution in [0.1, 0.15) is 47.5 Å². The summed E-state index contributed by atoms with van der Waals surface area (Å²) in [7, 11) is 0. The number of nitrogens with two attached hydrogens (primary N) is 1. The van der Waals surface area contributed by atoms with Gasteiger partial charge in [-0.05, 0) is 31.0 Å². The third-order valence-corrected chi connectivity index (χ3v) is 4.49. The Morgan fingerprint density at radius 1 is 1.32 bits per heavy atom. The molecule has 0 aliphatic heterocycles. The maximum atomic E-state index is 6.02. The number of aromatic nitrogens is 1. The molecular weight excluding hydrogens is 276 g/mol. The molecule has 2 nitrogen and oxygen atoms in total. The summed E-state index contributed by atoms with van der Waals surface area (Å²) in [6, 6.07) is 8.01. The second-order valence-corrected chi connectivity index (χ2v) is 6.31. The maximum absolute atomic E-state index is 6.02. The van der Waals surface area contributed by atoms with Crippen molar-refractivity contribution in [3.05, 3.63) is 50.4 Å². The molecule has 102 valence electrons. The molecule has 1 heterocycles. The molecule has 1 atom stereocenters. The molecule has 4 heteroatoms. The predicted molar refractivity (Wildman–Crippen MR) is 83.0 cm³/mol. The predicted octanol–water partition coefficient (Wildman–Crippen LogP) is 4.36. The second-order valence-electron chi connectivity index (χ2n) is 4.76. The highest BCUT2D eigenvalue weighted by Crippen LogP contribution is 2.27. The first-order valence-corrected chi connectivity index (χ1v) is 7.78. The van der Waals surface area contributed by atoms with Gasteiger partial charge in [0.25, 0.3) is 0 Å². The Morgan fingerprint density at radius 3 is 2.58 bits per heavy atom. The van der Waals surface area contributed by atoms with Gasteiger partial charge in [-0.2, -0.15) is 0 Å². The summed E-state index contributed by atoms with van der Waals surface area (Å²) in [6.45, 7) is 4.20. The molecule has 19 heavy (non-hydrogen) atoms. The number of nitrogens with zero attached hydrogens (tertiary/aromatic N) is 1. The van der Waals surface area contributed by atoms with E-state index in [1.807, 2.05) is 19.1 Å². The summed E-state index contributed by atoms with van der Waals surface area (Å²) >= 11 is 7.63. The molecule has 2 N–H and O–H groups in total. The zero-order valence-corrected chi connectivity index (χ0v) is 12.9. The van der Waals surface area contributed by atoms with Crippen LogP contribution in [0.25, 0.3) is 0 Å². The van der Waals surface area contributed by atoms with Crippen LogP contribution in [0.15, 0.2) is 24.3 Å². The number of hydrogen-bond donors (Lipinski definition) is 1. The summed E-state index contributed by atoms with van der Waals surface area (Å²) in [5.41, 5.74) is 8.43. The molecule has 0 saturated carbocycles. The van der Waals surface area contributed by atoms with Gasteiger partial charge in [0.1, 0.15) is 0 Å². The molecule has 1 aromatic heterocycles. The zero-order chi connectivity index (χ0) is 13.8. The summed E-state index contributed by atoms with van der Waals surface area (Å²) < 4.78 is 0. The lowest BCUT2D eigenvalue weighted by atomic mass is 10.1. The summed E-state index contributed by atoms with van der Waals surface area (Å²) in [6.07, 6.45) is 2.96. The molecular formula is C15H19ClN2S. The van der Waals surface area contributed by atoms with Crippen molar-refractivity contribution in [2.75, 3.05) is 0 Å². The Hall–Kier alpha value is -0.900. The second kappa shape index (κ2) is 6.51. The Labute approximate surface area is 123 Å². The van der Waals surface area contributed by atoms with Crippen molar-refractivity contribution in [3.8, 4) is 0 Å². The number of rotatable bonds is 5. The fourth-order valence-electron chi connectivity index (χ4n) is 2.04. The van der Waals surface area contributed by atoms with Crippen molar-refractivity contribution in [2.24, 2.45) is 5.73 Å². The Morgan fingerprint density at radius 2 is 2.00 bits per heavy atom. The van der Waals surface area contributed by atoms with E-state index >= 15 is 0 Å². The van der Waals surface area contributed by atoms with Gasteiger partial charge in [0.05, 0.1) is 10.7 Å². The topological polar surface area (TPSA) is 38.9 Å². The van der Waals surface area contributed by atoms with Gasteiger partial charge in [-0.1, -0.05) is 37.1 Å². The van der Waals surface area contributed by atoms with Gasteiger partial charge < -0.3 is 5.73 Å². The molecule has 2 rings (SSSR count). The molecule has 0 radical (unpaired) electrons. The van der Waals surface area contributed by atoms with E-state index < -0.39 is 0 Å². The smallest absolute Gasteiger partial charge is 0.0975 e. The van der Waals surface area contributed by atoms with Crippen LogP contribution in [0.5, 0.6) is 0 Å². The van der Waals surface area contributed by atoms with Crippen molar-refractivity contribution < 1.29 is 0 Å². The fourth-order valence-corrected chi connectivity index (χ4v) is 3.26. The number of halogens is 1. The van der Waals surface area contributed by atoms with E-state index in [1.54, 1.807) is 11.3 Å². The Bertz CT molecular complexity index is 532. The van der Waals surface area contributed by atoms with Crippen LogP contribution in [-0.2, 0) is 12.8 Å². The molecule has 0 aliphatic carbocycles. The molecule has 1 aromatic carbocycles. The molecule has 2 aromatic rings. The van der Waals surface area contributed by atoms with Gasteiger partial charge in [-0.25, -0.2) is 4.98 Å².